The van der Waals surface area contributed by atoms with Crippen LogP contribution in [-0.4, -0.2) is 41.6 Å². The summed E-state index contributed by atoms with van der Waals surface area (Å²) in [5.74, 6) is -0.955. The fourth-order valence-electron chi connectivity index (χ4n) is 3.14. The molecule has 0 aliphatic carbocycles. The number of hydrogen-bond acceptors (Lipinski definition) is 4. The lowest BCUT2D eigenvalue weighted by Gasteiger charge is -2.26. The van der Waals surface area contributed by atoms with Crippen molar-refractivity contribution in [3.8, 4) is 0 Å². The number of carbonyl (C=O) groups is 2. The Hall–Kier alpha value is -2.38. The molecule has 1 fully saturated rings. The molecule has 1 unspecified atom stereocenters. The summed E-state index contributed by atoms with van der Waals surface area (Å²) in [5, 5.41) is 16.8. The first-order valence-electron chi connectivity index (χ1n) is 8.75. The quantitative estimate of drug-likeness (QED) is 0.697. The van der Waals surface area contributed by atoms with Gasteiger partial charge in [0.05, 0.1) is 11.6 Å². The molecule has 0 saturated carbocycles. The maximum Gasteiger partial charge on any atom is 0.335 e. The van der Waals surface area contributed by atoms with Gasteiger partial charge in [-0.3, -0.25) is 4.90 Å². The number of carbonyl (C=O) groups excluding carboxylic acids is 1. The summed E-state index contributed by atoms with van der Waals surface area (Å²) in [5.41, 5.74) is 1.10. The van der Waals surface area contributed by atoms with Gasteiger partial charge in [0, 0.05) is 18.0 Å². The minimum absolute atomic E-state index is 0.215. The molecular formula is C19H23N3O3S. The zero-order valence-electron chi connectivity index (χ0n) is 14.5. The van der Waals surface area contributed by atoms with Crippen LogP contribution < -0.4 is 10.6 Å². The highest BCUT2D eigenvalue weighted by Gasteiger charge is 2.24. The van der Waals surface area contributed by atoms with Gasteiger partial charge in [0.25, 0.3) is 0 Å². The predicted molar refractivity (Wildman–Crippen MR) is 102 cm³/mol. The average Bonchev–Trinajstić information content (AvgIpc) is 3.35. The van der Waals surface area contributed by atoms with E-state index in [1.165, 1.54) is 29.9 Å². The molecule has 2 aromatic rings. The standard InChI is InChI=1S/C19H23N3O3S/c23-18(24)15-7-5-14(6-8-15)12-20-19(25)21-13-16(17-4-3-11-26-17)22-9-1-2-10-22/h3-8,11,16H,1-2,9-10,12-13H2,(H,23,24)(H2,20,21,25). The van der Waals surface area contributed by atoms with Gasteiger partial charge in [-0.2, -0.15) is 0 Å². The third kappa shape index (κ3) is 4.83. The summed E-state index contributed by atoms with van der Waals surface area (Å²) in [7, 11) is 0. The normalized spacial score (nSPS) is 15.5. The van der Waals surface area contributed by atoms with Crippen molar-refractivity contribution in [2.24, 2.45) is 0 Å². The number of likely N-dealkylation sites (tertiary alicyclic amines) is 1. The molecule has 1 aromatic carbocycles. The van der Waals surface area contributed by atoms with E-state index in [0.29, 0.717) is 13.1 Å². The SMILES string of the molecule is O=C(NCc1ccc(C(=O)O)cc1)NCC(c1cccs1)N1CCCC1. The molecule has 2 heterocycles. The second-order valence-electron chi connectivity index (χ2n) is 6.34. The Kier molecular flexibility index (Phi) is 6.25. The van der Waals surface area contributed by atoms with Crippen LogP contribution >= 0.6 is 11.3 Å². The Morgan fingerprint density at radius 2 is 1.85 bits per heavy atom. The number of carboxylic acid groups (broad SMARTS) is 1. The maximum absolute atomic E-state index is 12.1. The van der Waals surface area contributed by atoms with Gasteiger partial charge in [0.2, 0.25) is 0 Å². The number of benzene rings is 1. The fraction of sp³-hybridized carbons (Fsp3) is 0.368. The van der Waals surface area contributed by atoms with Gasteiger partial charge in [-0.1, -0.05) is 18.2 Å². The van der Waals surface area contributed by atoms with E-state index < -0.39 is 5.97 Å². The summed E-state index contributed by atoms with van der Waals surface area (Å²) < 4.78 is 0. The topological polar surface area (TPSA) is 81.7 Å². The minimum Gasteiger partial charge on any atom is -0.478 e. The number of rotatable bonds is 7. The molecule has 2 amide bonds. The summed E-state index contributed by atoms with van der Waals surface area (Å²) >= 11 is 1.72. The lowest BCUT2D eigenvalue weighted by Crippen LogP contribution is -2.41. The van der Waals surface area contributed by atoms with E-state index in [2.05, 4.69) is 27.0 Å². The Morgan fingerprint density at radius 3 is 2.46 bits per heavy atom. The zero-order valence-corrected chi connectivity index (χ0v) is 15.3. The van der Waals surface area contributed by atoms with E-state index in [1.54, 1.807) is 23.5 Å². The van der Waals surface area contributed by atoms with Gasteiger partial charge < -0.3 is 15.7 Å². The largest absolute Gasteiger partial charge is 0.478 e. The van der Waals surface area contributed by atoms with E-state index in [4.69, 9.17) is 5.11 Å². The first kappa shape index (κ1) is 18.4. The Balaban J connectivity index is 1.49. The molecule has 1 aliphatic heterocycles. The van der Waals surface area contributed by atoms with Crippen molar-refractivity contribution in [2.75, 3.05) is 19.6 Å². The van der Waals surface area contributed by atoms with E-state index in [9.17, 15) is 9.59 Å². The number of hydrogen-bond donors (Lipinski definition) is 3. The molecule has 1 aliphatic rings. The maximum atomic E-state index is 12.1. The molecule has 1 atom stereocenters. The Bertz CT molecular complexity index is 725. The average molecular weight is 373 g/mol. The van der Waals surface area contributed by atoms with Crippen LogP contribution in [0.5, 0.6) is 0 Å². The van der Waals surface area contributed by atoms with E-state index >= 15 is 0 Å². The van der Waals surface area contributed by atoms with Crippen LogP contribution in [0.25, 0.3) is 0 Å². The zero-order chi connectivity index (χ0) is 18.4. The molecule has 0 bridgehead atoms. The van der Waals surface area contributed by atoms with Crippen molar-refractivity contribution in [1.29, 1.82) is 0 Å². The number of nitrogens with one attached hydrogen (secondary N) is 2. The molecular weight excluding hydrogens is 350 g/mol. The summed E-state index contributed by atoms with van der Waals surface area (Å²) in [6.45, 7) is 3.08. The van der Waals surface area contributed by atoms with Gasteiger partial charge >= 0.3 is 12.0 Å². The molecule has 6 nitrogen and oxygen atoms in total. The molecule has 0 spiro atoms. The fourth-order valence-corrected chi connectivity index (χ4v) is 4.00. The van der Waals surface area contributed by atoms with Crippen LogP contribution in [0.3, 0.4) is 0 Å². The number of aromatic carboxylic acids is 1. The molecule has 3 rings (SSSR count). The smallest absolute Gasteiger partial charge is 0.335 e. The molecule has 138 valence electrons. The number of thiophene rings is 1. The second kappa shape index (κ2) is 8.82. The third-order valence-corrected chi connectivity index (χ3v) is 5.54. The molecule has 1 saturated heterocycles. The molecule has 1 aromatic heterocycles. The third-order valence-electron chi connectivity index (χ3n) is 4.56. The van der Waals surface area contributed by atoms with Crippen molar-refractivity contribution < 1.29 is 14.7 Å². The summed E-state index contributed by atoms with van der Waals surface area (Å²) in [6.07, 6.45) is 2.42. The minimum atomic E-state index is -0.955. The highest BCUT2D eigenvalue weighted by Crippen LogP contribution is 2.27. The Labute approximate surface area is 156 Å². The number of nitrogens with zero attached hydrogens (tertiary/aromatic N) is 1. The van der Waals surface area contributed by atoms with Crippen LogP contribution in [0, 0.1) is 0 Å². The van der Waals surface area contributed by atoms with Crippen LogP contribution in [0.15, 0.2) is 41.8 Å². The van der Waals surface area contributed by atoms with E-state index in [1.807, 2.05) is 6.07 Å². The first-order chi connectivity index (χ1) is 12.6. The molecule has 0 radical (unpaired) electrons. The number of carboxylic acids is 1. The van der Waals surface area contributed by atoms with Gasteiger partial charge in [-0.25, -0.2) is 9.59 Å². The lowest BCUT2D eigenvalue weighted by molar-refractivity contribution is 0.0697. The van der Waals surface area contributed by atoms with Crippen LogP contribution in [0.1, 0.15) is 39.7 Å². The second-order valence-corrected chi connectivity index (χ2v) is 7.32. The van der Waals surface area contributed by atoms with Crippen molar-refractivity contribution in [3.05, 3.63) is 57.8 Å². The highest BCUT2D eigenvalue weighted by atomic mass is 32.1. The number of amides is 2. The highest BCUT2D eigenvalue weighted by molar-refractivity contribution is 7.10. The van der Waals surface area contributed by atoms with Crippen molar-refractivity contribution >= 4 is 23.3 Å². The van der Waals surface area contributed by atoms with Gasteiger partial charge in [-0.15, -0.1) is 11.3 Å². The van der Waals surface area contributed by atoms with Crippen LogP contribution in [-0.2, 0) is 6.54 Å². The van der Waals surface area contributed by atoms with Gasteiger partial charge in [-0.05, 0) is 55.1 Å². The van der Waals surface area contributed by atoms with Crippen molar-refractivity contribution in [1.82, 2.24) is 15.5 Å². The molecule has 7 heteroatoms. The van der Waals surface area contributed by atoms with Crippen molar-refractivity contribution in [2.45, 2.75) is 25.4 Å². The first-order valence-corrected chi connectivity index (χ1v) is 9.63. The van der Waals surface area contributed by atoms with E-state index in [0.717, 1.165) is 18.7 Å². The van der Waals surface area contributed by atoms with Crippen molar-refractivity contribution in [3.63, 3.8) is 0 Å². The lowest BCUT2D eigenvalue weighted by atomic mass is 10.1. The van der Waals surface area contributed by atoms with E-state index in [-0.39, 0.29) is 17.6 Å². The predicted octanol–water partition coefficient (Wildman–Crippen LogP) is 3.08. The molecule has 3 N–H and O–H groups in total. The summed E-state index contributed by atoms with van der Waals surface area (Å²) in [4.78, 5) is 26.7. The number of urea groups is 1. The molecule has 26 heavy (non-hydrogen) atoms. The Morgan fingerprint density at radius 1 is 1.12 bits per heavy atom. The summed E-state index contributed by atoms with van der Waals surface area (Å²) in [6, 6.07) is 10.7. The monoisotopic (exact) mass is 373 g/mol. The van der Waals surface area contributed by atoms with Gasteiger partial charge in [0.15, 0.2) is 0 Å². The van der Waals surface area contributed by atoms with Gasteiger partial charge in [0.1, 0.15) is 0 Å². The van der Waals surface area contributed by atoms with Crippen LogP contribution in [0.2, 0.25) is 0 Å². The van der Waals surface area contributed by atoms with Crippen LogP contribution in [0.4, 0.5) is 4.79 Å².